The average molecular weight is 206 g/mol. The number of halogens is 1. The van der Waals surface area contributed by atoms with Crippen molar-refractivity contribution in [1.29, 1.82) is 0 Å². The fourth-order valence-corrected chi connectivity index (χ4v) is 1.20. The summed E-state index contributed by atoms with van der Waals surface area (Å²) < 4.78 is 0. The Bertz CT molecular complexity index is 379. The summed E-state index contributed by atoms with van der Waals surface area (Å²) in [7, 11) is 0. The second-order valence-corrected chi connectivity index (χ2v) is 3.27. The minimum Gasteiger partial charge on any atom is -0.261 e. The summed E-state index contributed by atoms with van der Waals surface area (Å²) in [5, 5.41) is 0.258. The van der Waals surface area contributed by atoms with E-state index in [0.717, 1.165) is 16.8 Å². The van der Waals surface area contributed by atoms with Gasteiger partial charge in [-0.05, 0) is 24.6 Å². The maximum atomic E-state index is 5.59. The second-order valence-electron chi connectivity index (χ2n) is 2.93. The smallest absolute Gasteiger partial charge is 0.222 e. The van der Waals surface area contributed by atoms with E-state index in [0.29, 0.717) is 0 Å². The Labute approximate surface area is 86.8 Å². The van der Waals surface area contributed by atoms with Crippen molar-refractivity contribution in [1.82, 2.24) is 15.0 Å². The zero-order chi connectivity index (χ0) is 9.97. The lowest BCUT2D eigenvalue weighted by molar-refractivity contribution is 1.16. The van der Waals surface area contributed by atoms with Crippen LogP contribution in [0.15, 0.2) is 30.7 Å². The monoisotopic (exact) mass is 205 g/mol. The molecule has 0 spiro atoms. The predicted molar refractivity (Wildman–Crippen MR) is 55.0 cm³/mol. The van der Waals surface area contributed by atoms with Gasteiger partial charge in [0.1, 0.15) is 0 Å². The number of hydrogen-bond acceptors (Lipinski definition) is 3. The van der Waals surface area contributed by atoms with Crippen molar-refractivity contribution in [2.45, 2.75) is 6.92 Å². The first-order chi connectivity index (χ1) is 6.75. The molecule has 0 saturated heterocycles. The molecule has 2 aromatic rings. The standard InChI is InChI=1S/C10H8ClN3/c1-7-2-3-8(4-12-7)9-5-13-10(11)14-6-9/h2-6H,1H3. The molecule has 0 unspecified atom stereocenters. The molecule has 4 heteroatoms. The Balaban J connectivity index is 2.40. The third kappa shape index (κ3) is 1.88. The van der Waals surface area contributed by atoms with Gasteiger partial charge in [0.2, 0.25) is 5.28 Å². The lowest BCUT2D eigenvalue weighted by Crippen LogP contribution is -1.86. The summed E-state index contributed by atoms with van der Waals surface area (Å²) in [6, 6.07) is 3.93. The lowest BCUT2D eigenvalue weighted by Gasteiger charge is -1.99. The molecular weight excluding hydrogens is 198 g/mol. The van der Waals surface area contributed by atoms with Crippen molar-refractivity contribution in [2.75, 3.05) is 0 Å². The predicted octanol–water partition coefficient (Wildman–Crippen LogP) is 2.50. The van der Waals surface area contributed by atoms with Gasteiger partial charge in [-0.25, -0.2) is 9.97 Å². The van der Waals surface area contributed by atoms with Crippen LogP contribution in [0.1, 0.15) is 5.69 Å². The highest BCUT2D eigenvalue weighted by Gasteiger charge is 1.98. The van der Waals surface area contributed by atoms with E-state index in [9.17, 15) is 0 Å². The Hall–Kier alpha value is -1.48. The molecule has 0 aliphatic heterocycles. The molecule has 0 bridgehead atoms. The number of hydrogen-bond donors (Lipinski definition) is 0. The van der Waals surface area contributed by atoms with Gasteiger partial charge in [-0.2, -0.15) is 0 Å². The Morgan fingerprint density at radius 1 is 0.929 bits per heavy atom. The van der Waals surface area contributed by atoms with Gasteiger partial charge in [0, 0.05) is 35.4 Å². The van der Waals surface area contributed by atoms with Crippen LogP contribution in [0.3, 0.4) is 0 Å². The van der Waals surface area contributed by atoms with Gasteiger partial charge in [0.05, 0.1) is 0 Å². The van der Waals surface area contributed by atoms with Crippen LogP contribution < -0.4 is 0 Å². The lowest BCUT2D eigenvalue weighted by atomic mass is 10.1. The number of aryl methyl sites for hydroxylation is 1. The van der Waals surface area contributed by atoms with Crippen LogP contribution in [0.2, 0.25) is 5.28 Å². The van der Waals surface area contributed by atoms with Crippen molar-refractivity contribution in [3.05, 3.63) is 41.7 Å². The number of rotatable bonds is 1. The van der Waals surface area contributed by atoms with Crippen molar-refractivity contribution >= 4 is 11.6 Å². The number of nitrogens with zero attached hydrogens (tertiary/aromatic N) is 3. The molecule has 0 fully saturated rings. The highest BCUT2D eigenvalue weighted by Crippen LogP contribution is 2.16. The quantitative estimate of drug-likeness (QED) is 0.672. The van der Waals surface area contributed by atoms with Crippen LogP contribution in [-0.2, 0) is 0 Å². The molecule has 14 heavy (non-hydrogen) atoms. The normalized spacial score (nSPS) is 10.1. The molecule has 2 rings (SSSR count). The molecule has 2 aromatic heterocycles. The maximum Gasteiger partial charge on any atom is 0.222 e. The van der Waals surface area contributed by atoms with E-state index in [1.807, 2.05) is 19.1 Å². The molecule has 0 radical (unpaired) electrons. The molecule has 2 heterocycles. The van der Waals surface area contributed by atoms with Crippen molar-refractivity contribution in [3.8, 4) is 11.1 Å². The summed E-state index contributed by atoms with van der Waals surface area (Å²) in [6.07, 6.45) is 5.16. The van der Waals surface area contributed by atoms with Crippen LogP contribution in [0.25, 0.3) is 11.1 Å². The van der Waals surface area contributed by atoms with Crippen LogP contribution in [0, 0.1) is 6.92 Å². The van der Waals surface area contributed by atoms with E-state index in [1.165, 1.54) is 0 Å². The molecule has 70 valence electrons. The molecule has 3 nitrogen and oxygen atoms in total. The topological polar surface area (TPSA) is 38.7 Å². The van der Waals surface area contributed by atoms with Crippen LogP contribution in [0.4, 0.5) is 0 Å². The highest BCUT2D eigenvalue weighted by atomic mass is 35.5. The highest BCUT2D eigenvalue weighted by molar-refractivity contribution is 6.28. The summed E-state index contributed by atoms with van der Waals surface area (Å²) in [6.45, 7) is 1.95. The average Bonchev–Trinajstić information content (AvgIpc) is 2.21. The van der Waals surface area contributed by atoms with E-state index in [2.05, 4.69) is 15.0 Å². The van der Waals surface area contributed by atoms with E-state index < -0.39 is 0 Å². The summed E-state index contributed by atoms with van der Waals surface area (Å²) in [4.78, 5) is 12.0. The van der Waals surface area contributed by atoms with E-state index in [4.69, 9.17) is 11.6 Å². The van der Waals surface area contributed by atoms with Crippen LogP contribution in [-0.4, -0.2) is 15.0 Å². The summed E-state index contributed by atoms with van der Waals surface area (Å²) >= 11 is 5.59. The first kappa shape index (κ1) is 9.09. The van der Waals surface area contributed by atoms with Crippen molar-refractivity contribution in [3.63, 3.8) is 0 Å². The first-order valence-electron chi connectivity index (χ1n) is 4.16. The third-order valence-corrected chi connectivity index (χ3v) is 2.06. The zero-order valence-corrected chi connectivity index (χ0v) is 8.36. The van der Waals surface area contributed by atoms with E-state index in [-0.39, 0.29) is 5.28 Å². The fraction of sp³-hybridized carbons (Fsp3) is 0.100. The minimum atomic E-state index is 0.258. The summed E-state index contributed by atoms with van der Waals surface area (Å²) in [5.74, 6) is 0. The van der Waals surface area contributed by atoms with Gasteiger partial charge in [-0.1, -0.05) is 6.07 Å². The van der Waals surface area contributed by atoms with Crippen molar-refractivity contribution < 1.29 is 0 Å². The minimum absolute atomic E-state index is 0.258. The molecule has 0 saturated carbocycles. The largest absolute Gasteiger partial charge is 0.261 e. The molecule has 0 amide bonds. The van der Waals surface area contributed by atoms with Gasteiger partial charge in [0.25, 0.3) is 0 Å². The fourth-order valence-electron chi connectivity index (χ4n) is 1.10. The Morgan fingerprint density at radius 2 is 1.57 bits per heavy atom. The SMILES string of the molecule is Cc1ccc(-c2cnc(Cl)nc2)cn1. The van der Waals surface area contributed by atoms with Gasteiger partial charge in [-0.3, -0.25) is 4.98 Å². The number of pyridine rings is 1. The molecule has 0 aliphatic rings. The molecular formula is C10H8ClN3. The molecule has 0 aromatic carbocycles. The van der Waals surface area contributed by atoms with Crippen LogP contribution in [0.5, 0.6) is 0 Å². The van der Waals surface area contributed by atoms with Gasteiger partial charge >= 0.3 is 0 Å². The molecule has 0 N–H and O–H groups in total. The molecule has 0 atom stereocenters. The number of aromatic nitrogens is 3. The second kappa shape index (κ2) is 3.72. The van der Waals surface area contributed by atoms with Crippen molar-refractivity contribution in [2.24, 2.45) is 0 Å². The van der Waals surface area contributed by atoms with E-state index in [1.54, 1.807) is 18.6 Å². The zero-order valence-electron chi connectivity index (χ0n) is 7.61. The summed E-state index contributed by atoms with van der Waals surface area (Å²) in [5.41, 5.74) is 2.90. The van der Waals surface area contributed by atoms with Gasteiger partial charge < -0.3 is 0 Å². The van der Waals surface area contributed by atoms with Crippen LogP contribution >= 0.6 is 11.6 Å². The first-order valence-corrected chi connectivity index (χ1v) is 4.54. The third-order valence-electron chi connectivity index (χ3n) is 1.87. The van der Waals surface area contributed by atoms with Gasteiger partial charge in [0.15, 0.2) is 0 Å². The Morgan fingerprint density at radius 3 is 2.14 bits per heavy atom. The maximum absolute atomic E-state index is 5.59. The molecule has 0 aliphatic carbocycles. The van der Waals surface area contributed by atoms with Gasteiger partial charge in [-0.15, -0.1) is 0 Å². The Kier molecular flexibility index (Phi) is 2.41. The van der Waals surface area contributed by atoms with E-state index >= 15 is 0 Å².